The Hall–Kier alpha value is -0.470. The van der Waals surface area contributed by atoms with Crippen LogP contribution in [0.1, 0.15) is 26.7 Å². The van der Waals surface area contributed by atoms with Gasteiger partial charge in [0.1, 0.15) is 34.9 Å². The van der Waals surface area contributed by atoms with Gasteiger partial charge in [0.15, 0.2) is 0 Å². The predicted molar refractivity (Wildman–Crippen MR) is 85.5 cm³/mol. The molecule has 0 aliphatic carbocycles. The maximum absolute atomic E-state index is 10.7. The maximum Gasteiger partial charge on any atom is 0.466 e. The van der Waals surface area contributed by atoms with Crippen molar-refractivity contribution in [2.45, 2.75) is 56.5 Å². The summed E-state index contributed by atoms with van der Waals surface area (Å²) in [5, 5.41) is 42.1. The third-order valence-corrected chi connectivity index (χ3v) is 4.95. The van der Waals surface area contributed by atoms with Gasteiger partial charge < -0.3 is 25.2 Å². The summed E-state index contributed by atoms with van der Waals surface area (Å²) in [5.74, 6) is 0.0890. The van der Waals surface area contributed by atoms with E-state index < -0.39 is 46.9 Å². The van der Waals surface area contributed by atoms with E-state index in [2.05, 4.69) is 9.44 Å². The van der Waals surface area contributed by atoms with Gasteiger partial charge in [0.25, 0.3) is 0 Å². The summed E-state index contributed by atoms with van der Waals surface area (Å²) in [7, 11) is -4.78. The van der Waals surface area contributed by atoms with Crippen LogP contribution < -0.4 is 0 Å². The van der Waals surface area contributed by atoms with E-state index in [9.17, 15) is 23.7 Å². The Kier molecular flexibility index (Phi) is 8.35. The SMILES string of the molecule is CCC(C)C/C(=N\OS(=O)(=O)O)S[C@@H]1O[C@H](CO)[C@@H](O)[C@H](O)[C@H]1O. The fraction of sp³-hybridized carbons (Fsp3) is 0.917. The van der Waals surface area contributed by atoms with Crippen LogP contribution in [0.4, 0.5) is 0 Å². The third kappa shape index (κ3) is 6.44. The van der Waals surface area contributed by atoms with E-state index in [1.807, 2.05) is 13.8 Å². The number of rotatable bonds is 7. The number of ether oxygens (including phenoxy) is 1. The molecule has 5 N–H and O–H groups in total. The molecule has 1 unspecified atom stereocenters. The summed E-state index contributed by atoms with van der Waals surface area (Å²) in [6.07, 6.45) is -4.62. The highest BCUT2D eigenvalue weighted by Crippen LogP contribution is 2.31. The van der Waals surface area contributed by atoms with Crippen LogP contribution in [0.2, 0.25) is 0 Å². The first-order valence-electron chi connectivity index (χ1n) is 7.29. The van der Waals surface area contributed by atoms with Crippen LogP contribution in [0.3, 0.4) is 0 Å². The number of aliphatic hydroxyl groups is 4. The number of nitrogens with zero attached hydrogens (tertiary/aromatic N) is 1. The monoisotopic (exact) mass is 389 g/mol. The molecule has 6 atom stereocenters. The lowest BCUT2D eigenvalue weighted by atomic mass is 10.0. The van der Waals surface area contributed by atoms with Gasteiger partial charge in [-0.1, -0.05) is 37.2 Å². The average Bonchev–Trinajstić information content (AvgIpc) is 2.52. The first-order chi connectivity index (χ1) is 11.1. The summed E-state index contributed by atoms with van der Waals surface area (Å²) in [5.41, 5.74) is -1.12. The van der Waals surface area contributed by atoms with E-state index in [1.165, 1.54) is 0 Å². The fourth-order valence-corrected chi connectivity index (χ4v) is 3.40. The molecule has 0 radical (unpaired) electrons. The molecule has 12 heteroatoms. The molecule has 1 heterocycles. The van der Waals surface area contributed by atoms with Gasteiger partial charge in [0.05, 0.1) is 6.61 Å². The lowest BCUT2D eigenvalue weighted by Crippen LogP contribution is -2.57. The molecule has 10 nitrogen and oxygen atoms in total. The molecule has 0 bridgehead atoms. The standard InChI is InChI=1S/C12H23NO9S2/c1-3-6(2)4-8(13-22-24(18,19)20)23-12-11(17)10(16)9(15)7(5-14)21-12/h6-7,9-12,14-17H,3-5H2,1-2H3,(H,18,19,20)/b13-8+/t6?,7-,9-,10+,11-,12+/m1/s1. The molecule has 0 aromatic rings. The minimum atomic E-state index is -4.78. The van der Waals surface area contributed by atoms with Crippen molar-refractivity contribution in [1.82, 2.24) is 0 Å². The van der Waals surface area contributed by atoms with Crippen LogP contribution in [0.5, 0.6) is 0 Å². The van der Waals surface area contributed by atoms with E-state index in [0.717, 1.165) is 18.2 Å². The van der Waals surface area contributed by atoms with E-state index >= 15 is 0 Å². The van der Waals surface area contributed by atoms with Gasteiger partial charge in [-0.05, 0) is 5.92 Å². The second-order valence-corrected chi connectivity index (χ2v) is 7.70. The van der Waals surface area contributed by atoms with Crippen LogP contribution in [-0.4, -0.2) is 74.9 Å². The molecule has 0 aromatic heterocycles. The van der Waals surface area contributed by atoms with Crippen molar-refractivity contribution in [2.24, 2.45) is 11.1 Å². The highest BCUT2D eigenvalue weighted by atomic mass is 32.3. The van der Waals surface area contributed by atoms with Gasteiger partial charge >= 0.3 is 10.4 Å². The second kappa shape index (κ2) is 9.29. The molecule has 1 rings (SSSR count). The molecule has 0 amide bonds. The maximum atomic E-state index is 10.7. The van der Waals surface area contributed by atoms with Gasteiger partial charge in [-0.3, -0.25) is 4.55 Å². The molecule has 0 spiro atoms. The lowest BCUT2D eigenvalue weighted by molar-refractivity contribution is -0.205. The third-order valence-electron chi connectivity index (χ3n) is 3.55. The molecule has 1 aliphatic rings. The van der Waals surface area contributed by atoms with E-state index in [4.69, 9.17) is 14.4 Å². The van der Waals surface area contributed by atoms with Crippen LogP contribution >= 0.6 is 11.8 Å². The quantitative estimate of drug-likeness (QED) is 0.159. The molecule has 1 fully saturated rings. The first-order valence-corrected chi connectivity index (χ1v) is 9.53. The summed E-state index contributed by atoms with van der Waals surface area (Å²) in [6.45, 7) is 3.20. The van der Waals surface area contributed by atoms with Crippen molar-refractivity contribution >= 4 is 27.2 Å². The summed E-state index contributed by atoms with van der Waals surface area (Å²) >= 11 is 0.778. The van der Waals surface area contributed by atoms with Crippen LogP contribution in [0, 0.1) is 5.92 Å². The average molecular weight is 389 g/mol. The Labute approximate surface area is 144 Å². The number of hydrogen-bond acceptors (Lipinski definition) is 10. The Balaban J connectivity index is 2.91. The molecule has 142 valence electrons. The number of oxime groups is 1. The largest absolute Gasteiger partial charge is 0.466 e. The molecule has 1 aliphatic heterocycles. The smallest absolute Gasteiger partial charge is 0.394 e. The Morgan fingerprint density at radius 1 is 1.29 bits per heavy atom. The van der Waals surface area contributed by atoms with Crippen molar-refractivity contribution in [3.63, 3.8) is 0 Å². The van der Waals surface area contributed by atoms with Crippen molar-refractivity contribution in [3.05, 3.63) is 0 Å². The molecular weight excluding hydrogens is 366 g/mol. The minimum Gasteiger partial charge on any atom is -0.394 e. The lowest BCUT2D eigenvalue weighted by Gasteiger charge is -2.39. The number of thioether (sulfide) groups is 1. The van der Waals surface area contributed by atoms with E-state index in [1.54, 1.807) is 0 Å². The van der Waals surface area contributed by atoms with Gasteiger partial charge in [0, 0.05) is 6.42 Å². The Morgan fingerprint density at radius 3 is 2.42 bits per heavy atom. The van der Waals surface area contributed by atoms with E-state index in [-0.39, 0.29) is 17.4 Å². The van der Waals surface area contributed by atoms with Crippen molar-refractivity contribution < 1.29 is 42.4 Å². The molecule has 0 aromatic carbocycles. The summed E-state index contributed by atoms with van der Waals surface area (Å²) in [6, 6.07) is 0. The van der Waals surface area contributed by atoms with E-state index in [0.29, 0.717) is 0 Å². The summed E-state index contributed by atoms with van der Waals surface area (Å²) in [4.78, 5) is 0. The van der Waals surface area contributed by atoms with Crippen molar-refractivity contribution in [2.75, 3.05) is 6.61 Å². The zero-order chi connectivity index (χ0) is 18.5. The highest BCUT2D eigenvalue weighted by Gasteiger charge is 2.44. The van der Waals surface area contributed by atoms with Gasteiger partial charge in [-0.2, -0.15) is 8.42 Å². The van der Waals surface area contributed by atoms with Crippen LogP contribution in [0.25, 0.3) is 0 Å². The predicted octanol–water partition coefficient (Wildman–Crippen LogP) is -0.911. The van der Waals surface area contributed by atoms with Gasteiger partial charge in [0.2, 0.25) is 0 Å². The molecule has 24 heavy (non-hydrogen) atoms. The van der Waals surface area contributed by atoms with Crippen LogP contribution in [-0.2, 0) is 19.4 Å². The van der Waals surface area contributed by atoms with Crippen molar-refractivity contribution in [3.8, 4) is 0 Å². The number of aliphatic hydroxyl groups excluding tert-OH is 4. The molecule has 0 saturated carbocycles. The fourth-order valence-electron chi connectivity index (χ4n) is 1.94. The number of hydrogen-bond donors (Lipinski definition) is 5. The van der Waals surface area contributed by atoms with Gasteiger partial charge in [-0.15, -0.1) is 0 Å². The zero-order valence-electron chi connectivity index (χ0n) is 13.2. The van der Waals surface area contributed by atoms with Gasteiger partial charge in [-0.25, -0.2) is 4.28 Å². The Morgan fingerprint density at radius 2 is 1.92 bits per heavy atom. The van der Waals surface area contributed by atoms with Crippen LogP contribution in [0.15, 0.2) is 5.16 Å². The Bertz CT molecular complexity index is 525. The zero-order valence-corrected chi connectivity index (χ0v) is 14.9. The topological polar surface area (TPSA) is 166 Å². The summed E-state index contributed by atoms with van der Waals surface area (Å²) < 4.78 is 39.3. The molecular formula is C12H23NO9S2. The molecule has 1 saturated heterocycles. The second-order valence-electron chi connectivity index (χ2n) is 5.52. The minimum absolute atomic E-state index is 0.0890. The normalized spacial score (nSPS) is 33.3. The highest BCUT2D eigenvalue weighted by molar-refractivity contribution is 8.14. The first kappa shape index (κ1) is 21.6. The van der Waals surface area contributed by atoms with Crippen molar-refractivity contribution in [1.29, 1.82) is 0 Å².